The molecule has 0 aromatic heterocycles. The molecule has 3 heteroatoms. The van der Waals surface area contributed by atoms with Crippen LogP contribution in [0.15, 0.2) is 0 Å². The van der Waals surface area contributed by atoms with Gasteiger partial charge in [0, 0.05) is 18.6 Å². The van der Waals surface area contributed by atoms with E-state index in [1.165, 1.54) is 0 Å². The van der Waals surface area contributed by atoms with E-state index < -0.39 is 0 Å². The lowest BCUT2D eigenvalue weighted by Gasteiger charge is -2.31. The standard InChI is InChI=1S/C9H17NO2/c1-10-5-2-9(8-11)3-6-12-7-4-9/h8,10H,2-7H2,1H3. The minimum Gasteiger partial charge on any atom is -0.381 e. The highest BCUT2D eigenvalue weighted by Gasteiger charge is 2.31. The highest BCUT2D eigenvalue weighted by atomic mass is 16.5. The second-order valence-electron chi connectivity index (χ2n) is 3.45. The first-order valence-corrected chi connectivity index (χ1v) is 4.52. The highest BCUT2D eigenvalue weighted by Crippen LogP contribution is 2.31. The van der Waals surface area contributed by atoms with Gasteiger partial charge in [-0.25, -0.2) is 0 Å². The van der Waals surface area contributed by atoms with E-state index >= 15 is 0 Å². The molecule has 3 nitrogen and oxygen atoms in total. The molecule has 1 aliphatic rings. The number of nitrogens with one attached hydrogen (secondary N) is 1. The summed E-state index contributed by atoms with van der Waals surface area (Å²) in [5.41, 5.74) is -0.0960. The van der Waals surface area contributed by atoms with Crippen molar-refractivity contribution in [2.24, 2.45) is 5.41 Å². The molecule has 1 saturated heterocycles. The second kappa shape index (κ2) is 4.58. The van der Waals surface area contributed by atoms with Crippen molar-refractivity contribution >= 4 is 6.29 Å². The SMILES string of the molecule is CNCCC1(C=O)CCOCC1. The number of aldehydes is 1. The van der Waals surface area contributed by atoms with Crippen LogP contribution in [0, 0.1) is 5.41 Å². The van der Waals surface area contributed by atoms with E-state index in [0.717, 1.165) is 45.3 Å². The third-order valence-corrected chi connectivity index (χ3v) is 2.61. The van der Waals surface area contributed by atoms with E-state index in [1.807, 2.05) is 7.05 Å². The van der Waals surface area contributed by atoms with E-state index in [4.69, 9.17) is 4.74 Å². The van der Waals surface area contributed by atoms with E-state index in [9.17, 15) is 4.79 Å². The summed E-state index contributed by atoms with van der Waals surface area (Å²) in [4.78, 5) is 10.9. The lowest BCUT2D eigenvalue weighted by molar-refractivity contribution is -0.121. The Balaban J connectivity index is 2.42. The maximum atomic E-state index is 10.9. The fourth-order valence-corrected chi connectivity index (χ4v) is 1.58. The van der Waals surface area contributed by atoms with Crippen LogP contribution in [0.4, 0.5) is 0 Å². The molecule has 0 bridgehead atoms. The smallest absolute Gasteiger partial charge is 0.126 e. The second-order valence-corrected chi connectivity index (χ2v) is 3.45. The third kappa shape index (κ3) is 2.29. The largest absolute Gasteiger partial charge is 0.381 e. The highest BCUT2D eigenvalue weighted by molar-refractivity contribution is 5.59. The molecule has 1 aliphatic heterocycles. The van der Waals surface area contributed by atoms with Crippen LogP contribution in [0.1, 0.15) is 19.3 Å². The number of carbonyl (C=O) groups excluding carboxylic acids is 1. The van der Waals surface area contributed by atoms with Crippen molar-refractivity contribution in [3.05, 3.63) is 0 Å². The fourth-order valence-electron chi connectivity index (χ4n) is 1.58. The van der Waals surface area contributed by atoms with Gasteiger partial charge in [-0.2, -0.15) is 0 Å². The van der Waals surface area contributed by atoms with Gasteiger partial charge in [-0.15, -0.1) is 0 Å². The van der Waals surface area contributed by atoms with Crippen LogP contribution in [0.3, 0.4) is 0 Å². The van der Waals surface area contributed by atoms with Gasteiger partial charge < -0.3 is 14.8 Å². The normalized spacial score (nSPS) is 22.1. The summed E-state index contributed by atoms with van der Waals surface area (Å²) >= 11 is 0. The molecular formula is C9H17NO2. The fraction of sp³-hybridized carbons (Fsp3) is 0.889. The summed E-state index contributed by atoms with van der Waals surface area (Å²) < 4.78 is 5.23. The molecule has 0 spiro atoms. The summed E-state index contributed by atoms with van der Waals surface area (Å²) in [6.45, 7) is 2.39. The number of carbonyl (C=O) groups is 1. The molecule has 0 amide bonds. The Hall–Kier alpha value is -0.410. The Morgan fingerprint density at radius 2 is 2.17 bits per heavy atom. The zero-order valence-corrected chi connectivity index (χ0v) is 7.64. The van der Waals surface area contributed by atoms with Crippen molar-refractivity contribution in [3.63, 3.8) is 0 Å². The van der Waals surface area contributed by atoms with Crippen molar-refractivity contribution < 1.29 is 9.53 Å². The molecule has 0 aliphatic carbocycles. The first-order chi connectivity index (χ1) is 5.83. The van der Waals surface area contributed by atoms with Crippen LogP contribution in [0.2, 0.25) is 0 Å². The average Bonchev–Trinajstić information content (AvgIpc) is 2.16. The molecule has 0 atom stereocenters. The van der Waals surface area contributed by atoms with Gasteiger partial charge in [0.15, 0.2) is 0 Å². The van der Waals surface area contributed by atoms with Gasteiger partial charge in [0.05, 0.1) is 0 Å². The molecule has 1 heterocycles. The topological polar surface area (TPSA) is 38.3 Å². The van der Waals surface area contributed by atoms with Gasteiger partial charge in [-0.05, 0) is 32.9 Å². The molecule has 70 valence electrons. The zero-order chi connectivity index (χ0) is 8.86. The van der Waals surface area contributed by atoms with Gasteiger partial charge in [0.2, 0.25) is 0 Å². The van der Waals surface area contributed by atoms with Gasteiger partial charge >= 0.3 is 0 Å². The summed E-state index contributed by atoms with van der Waals surface area (Å²) in [6.07, 6.45) is 3.83. The van der Waals surface area contributed by atoms with Crippen molar-refractivity contribution in [3.8, 4) is 0 Å². The lowest BCUT2D eigenvalue weighted by atomic mass is 9.79. The molecular weight excluding hydrogens is 154 g/mol. The Kier molecular flexibility index (Phi) is 3.69. The van der Waals surface area contributed by atoms with Crippen LogP contribution in [-0.2, 0) is 9.53 Å². The third-order valence-electron chi connectivity index (χ3n) is 2.61. The van der Waals surface area contributed by atoms with Crippen LogP contribution in [-0.4, -0.2) is 33.1 Å². The Morgan fingerprint density at radius 1 is 1.50 bits per heavy atom. The first kappa shape index (κ1) is 9.68. The monoisotopic (exact) mass is 171 g/mol. The van der Waals surface area contributed by atoms with Crippen molar-refractivity contribution in [1.29, 1.82) is 0 Å². The minimum absolute atomic E-state index is 0.0960. The Morgan fingerprint density at radius 3 is 2.67 bits per heavy atom. The number of hydrogen-bond acceptors (Lipinski definition) is 3. The van der Waals surface area contributed by atoms with Crippen molar-refractivity contribution in [2.45, 2.75) is 19.3 Å². The van der Waals surface area contributed by atoms with Gasteiger partial charge in [-0.1, -0.05) is 0 Å². The lowest BCUT2D eigenvalue weighted by Crippen LogP contribution is -2.33. The van der Waals surface area contributed by atoms with E-state index in [1.54, 1.807) is 0 Å². The number of ether oxygens (including phenoxy) is 1. The molecule has 1 fully saturated rings. The molecule has 0 radical (unpaired) electrons. The quantitative estimate of drug-likeness (QED) is 0.629. The average molecular weight is 171 g/mol. The molecule has 1 N–H and O–H groups in total. The first-order valence-electron chi connectivity index (χ1n) is 4.52. The van der Waals surface area contributed by atoms with Crippen LogP contribution >= 0.6 is 0 Å². The van der Waals surface area contributed by atoms with E-state index in [-0.39, 0.29) is 5.41 Å². The predicted molar refractivity (Wildman–Crippen MR) is 47.1 cm³/mol. The molecule has 12 heavy (non-hydrogen) atoms. The van der Waals surface area contributed by atoms with E-state index in [2.05, 4.69) is 5.32 Å². The van der Waals surface area contributed by atoms with Crippen molar-refractivity contribution in [1.82, 2.24) is 5.32 Å². The van der Waals surface area contributed by atoms with Gasteiger partial charge in [0.1, 0.15) is 6.29 Å². The van der Waals surface area contributed by atoms with Crippen LogP contribution in [0.5, 0.6) is 0 Å². The van der Waals surface area contributed by atoms with E-state index in [0.29, 0.717) is 0 Å². The summed E-state index contributed by atoms with van der Waals surface area (Å²) in [7, 11) is 1.91. The zero-order valence-electron chi connectivity index (χ0n) is 7.64. The summed E-state index contributed by atoms with van der Waals surface area (Å²) in [5.74, 6) is 0. The Labute approximate surface area is 73.5 Å². The van der Waals surface area contributed by atoms with Crippen molar-refractivity contribution in [2.75, 3.05) is 26.8 Å². The van der Waals surface area contributed by atoms with Crippen LogP contribution < -0.4 is 5.32 Å². The minimum atomic E-state index is -0.0960. The number of rotatable bonds is 4. The molecule has 0 unspecified atom stereocenters. The van der Waals surface area contributed by atoms with Gasteiger partial charge in [-0.3, -0.25) is 0 Å². The Bertz CT molecular complexity index is 141. The van der Waals surface area contributed by atoms with Crippen LogP contribution in [0.25, 0.3) is 0 Å². The summed E-state index contributed by atoms with van der Waals surface area (Å²) in [5, 5.41) is 3.07. The molecule has 0 saturated carbocycles. The molecule has 1 rings (SSSR count). The molecule has 0 aromatic rings. The number of hydrogen-bond donors (Lipinski definition) is 1. The summed E-state index contributed by atoms with van der Waals surface area (Å²) in [6, 6.07) is 0. The predicted octanol–water partition coefficient (Wildman–Crippen LogP) is 0.592. The maximum absolute atomic E-state index is 10.9. The maximum Gasteiger partial charge on any atom is 0.126 e. The molecule has 0 aromatic carbocycles. The van der Waals surface area contributed by atoms with Gasteiger partial charge in [0.25, 0.3) is 0 Å².